The molecule has 4 aromatic rings. The van der Waals surface area contributed by atoms with Gasteiger partial charge in [-0.25, -0.2) is 13.4 Å². The zero-order chi connectivity index (χ0) is 26.0. The Bertz CT molecular complexity index is 1530. The van der Waals surface area contributed by atoms with Crippen molar-refractivity contribution in [2.75, 3.05) is 13.3 Å². The highest BCUT2D eigenvalue weighted by Crippen LogP contribution is 2.36. The van der Waals surface area contributed by atoms with Crippen molar-refractivity contribution in [2.45, 2.75) is 31.7 Å². The molecule has 4 rings (SSSR count). The molecular formula is C24H26ClN5O4S2. The lowest BCUT2D eigenvalue weighted by Gasteiger charge is -2.16. The highest BCUT2D eigenvalue weighted by molar-refractivity contribution is 7.89. The largest absolute Gasteiger partial charge is 0.469 e. The molecule has 0 aliphatic heterocycles. The molecule has 0 unspecified atom stereocenters. The minimum atomic E-state index is -3.20. The number of aromatic nitrogens is 3. The van der Waals surface area contributed by atoms with E-state index < -0.39 is 21.8 Å². The van der Waals surface area contributed by atoms with E-state index in [-0.39, 0.29) is 12.2 Å². The monoisotopic (exact) mass is 547 g/mol. The second-order valence-corrected chi connectivity index (χ2v) is 12.1. The SMILES string of the molecule is CNCc1ccc([C@@H](C)Oc2nc(-c3cnc4ccc(CS(C)(=O)=O)cn34)sc2CC(N)=O)c(Cl)c1. The molecule has 0 bridgehead atoms. The van der Waals surface area contributed by atoms with Crippen LogP contribution in [0.25, 0.3) is 16.3 Å². The first-order valence-corrected chi connectivity index (χ1v) is 14.3. The van der Waals surface area contributed by atoms with E-state index >= 15 is 0 Å². The summed E-state index contributed by atoms with van der Waals surface area (Å²) in [5, 5.41) is 4.22. The van der Waals surface area contributed by atoms with E-state index in [1.165, 1.54) is 17.6 Å². The number of nitrogens with two attached hydrogens (primary N) is 1. The number of hydrogen-bond donors (Lipinski definition) is 2. The van der Waals surface area contributed by atoms with Crippen LogP contribution in [0.2, 0.25) is 5.02 Å². The van der Waals surface area contributed by atoms with Crippen LogP contribution in [0.15, 0.2) is 42.7 Å². The highest BCUT2D eigenvalue weighted by Gasteiger charge is 2.22. The Balaban J connectivity index is 1.69. The minimum absolute atomic E-state index is 0.0371. The summed E-state index contributed by atoms with van der Waals surface area (Å²) in [7, 11) is -1.34. The van der Waals surface area contributed by atoms with Gasteiger partial charge in [-0.3, -0.25) is 9.20 Å². The van der Waals surface area contributed by atoms with Crippen LogP contribution in [0.3, 0.4) is 0 Å². The molecule has 0 aliphatic rings. The van der Waals surface area contributed by atoms with Crippen molar-refractivity contribution in [3.63, 3.8) is 0 Å². The minimum Gasteiger partial charge on any atom is -0.469 e. The van der Waals surface area contributed by atoms with Crippen molar-refractivity contribution in [3.8, 4) is 16.6 Å². The lowest BCUT2D eigenvalue weighted by atomic mass is 10.1. The maximum absolute atomic E-state index is 11.8. The first kappa shape index (κ1) is 26.1. The van der Waals surface area contributed by atoms with Crippen LogP contribution >= 0.6 is 22.9 Å². The van der Waals surface area contributed by atoms with Gasteiger partial charge in [-0.05, 0) is 37.2 Å². The van der Waals surface area contributed by atoms with E-state index in [4.69, 9.17) is 22.1 Å². The molecule has 9 nitrogen and oxygen atoms in total. The third-order valence-electron chi connectivity index (χ3n) is 5.38. The van der Waals surface area contributed by atoms with Gasteiger partial charge in [-0.2, -0.15) is 4.98 Å². The Morgan fingerprint density at radius 2 is 2.03 bits per heavy atom. The predicted molar refractivity (Wildman–Crippen MR) is 141 cm³/mol. The molecule has 36 heavy (non-hydrogen) atoms. The van der Waals surface area contributed by atoms with Gasteiger partial charge in [0.2, 0.25) is 11.8 Å². The number of hydrogen-bond acceptors (Lipinski definition) is 8. The van der Waals surface area contributed by atoms with Gasteiger partial charge in [0.1, 0.15) is 22.5 Å². The van der Waals surface area contributed by atoms with E-state index in [0.29, 0.717) is 44.2 Å². The molecular weight excluding hydrogens is 522 g/mol. The Kier molecular flexibility index (Phi) is 7.65. The van der Waals surface area contributed by atoms with E-state index in [0.717, 1.165) is 11.1 Å². The van der Waals surface area contributed by atoms with Crippen LogP contribution in [0, 0.1) is 0 Å². The first-order valence-electron chi connectivity index (χ1n) is 11.1. The van der Waals surface area contributed by atoms with Gasteiger partial charge < -0.3 is 15.8 Å². The maximum atomic E-state index is 11.8. The summed E-state index contributed by atoms with van der Waals surface area (Å²) in [4.78, 5) is 21.4. The smallest absolute Gasteiger partial charge is 0.229 e. The molecule has 0 aliphatic carbocycles. The van der Waals surface area contributed by atoms with Crippen LogP contribution in [-0.4, -0.2) is 42.0 Å². The lowest BCUT2D eigenvalue weighted by Crippen LogP contribution is -2.14. The number of nitrogens with one attached hydrogen (secondary N) is 1. The Labute approximate surface area is 218 Å². The molecule has 3 N–H and O–H groups in total. The second kappa shape index (κ2) is 10.6. The predicted octanol–water partition coefficient (Wildman–Crippen LogP) is 3.54. The lowest BCUT2D eigenvalue weighted by molar-refractivity contribution is -0.117. The van der Waals surface area contributed by atoms with Crippen LogP contribution in [0.4, 0.5) is 0 Å². The quantitative estimate of drug-likeness (QED) is 0.310. The van der Waals surface area contributed by atoms with Crippen LogP contribution in [-0.2, 0) is 33.4 Å². The molecule has 0 fully saturated rings. The molecule has 3 heterocycles. The van der Waals surface area contributed by atoms with Gasteiger partial charge in [0.15, 0.2) is 9.84 Å². The summed E-state index contributed by atoms with van der Waals surface area (Å²) in [6.45, 7) is 2.55. The molecule has 0 spiro atoms. The fourth-order valence-electron chi connectivity index (χ4n) is 3.83. The molecule has 3 aromatic heterocycles. The van der Waals surface area contributed by atoms with Crippen LogP contribution in [0.1, 0.15) is 34.6 Å². The van der Waals surface area contributed by atoms with Gasteiger partial charge in [-0.1, -0.05) is 29.8 Å². The van der Waals surface area contributed by atoms with Crippen molar-refractivity contribution < 1.29 is 17.9 Å². The molecule has 1 atom stereocenters. The third kappa shape index (κ3) is 6.04. The van der Waals surface area contributed by atoms with E-state index in [2.05, 4.69) is 15.3 Å². The van der Waals surface area contributed by atoms with Gasteiger partial charge in [0, 0.05) is 29.6 Å². The number of amides is 1. The van der Waals surface area contributed by atoms with Crippen molar-refractivity contribution in [1.29, 1.82) is 0 Å². The Morgan fingerprint density at radius 3 is 2.69 bits per heavy atom. The summed E-state index contributed by atoms with van der Waals surface area (Å²) >= 11 is 7.78. The van der Waals surface area contributed by atoms with Gasteiger partial charge in [-0.15, -0.1) is 11.3 Å². The van der Waals surface area contributed by atoms with E-state index in [9.17, 15) is 13.2 Å². The molecule has 1 aromatic carbocycles. The average molecular weight is 548 g/mol. The summed E-state index contributed by atoms with van der Waals surface area (Å²) < 4.78 is 31.5. The summed E-state index contributed by atoms with van der Waals surface area (Å²) in [5.74, 6) is -0.310. The van der Waals surface area contributed by atoms with Gasteiger partial charge >= 0.3 is 0 Å². The highest BCUT2D eigenvalue weighted by atomic mass is 35.5. The molecule has 0 saturated carbocycles. The van der Waals surface area contributed by atoms with Crippen molar-refractivity contribution in [2.24, 2.45) is 5.73 Å². The topological polar surface area (TPSA) is 129 Å². The van der Waals surface area contributed by atoms with Crippen molar-refractivity contribution in [1.82, 2.24) is 19.7 Å². The Morgan fingerprint density at radius 1 is 1.28 bits per heavy atom. The summed E-state index contributed by atoms with van der Waals surface area (Å²) in [6, 6.07) is 9.25. The second-order valence-electron chi connectivity index (χ2n) is 8.52. The molecule has 12 heteroatoms. The number of fused-ring (bicyclic) bond motifs is 1. The number of sulfone groups is 1. The number of rotatable bonds is 10. The fraction of sp³-hybridized carbons (Fsp3) is 0.292. The normalized spacial score (nSPS) is 12.7. The third-order valence-corrected chi connectivity index (χ3v) is 7.63. The number of carbonyl (C=O) groups is 1. The van der Waals surface area contributed by atoms with E-state index in [1.807, 2.05) is 32.2 Å². The number of halogens is 1. The molecule has 0 radical (unpaired) electrons. The van der Waals surface area contributed by atoms with Crippen LogP contribution in [0.5, 0.6) is 5.88 Å². The number of imidazole rings is 1. The number of primary amides is 1. The summed E-state index contributed by atoms with van der Waals surface area (Å²) in [6.07, 6.45) is 4.09. The number of carbonyl (C=O) groups excluding carboxylic acids is 1. The summed E-state index contributed by atoms with van der Waals surface area (Å²) in [5.41, 5.74) is 9.23. The molecule has 1 amide bonds. The van der Waals surface area contributed by atoms with E-state index in [1.54, 1.807) is 28.9 Å². The zero-order valence-electron chi connectivity index (χ0n) is 20.0. The zero-order valence-corrected chi connectivity index (χ0v) is 22.4. The number of pyridine rings is 1. The molecule has 0 saturated heterocycles. The molecule has 190 valence electrons. The van der Waals surface area contributed by atoms with Crippen molar-refractivity contribution in [3.05, 3.63) is 69.3 Å². The number of nitrogens with zero attached hydrogens (tertiary/aromatic N) is 3. The first-order chi connectivity index (χ1) is 17.0. The van der Waals surface area contributed by atoms with Crippen molar-refractivity contribution >= 4 is 44.3 Å². The van der Waals surface area contributed by atoms with Gasteiger partial charge in [0.05, 0.1) is 23.2 Å². The van der Waals surface area contributed by atoms with Crippen LogP contribution < -0.4 is 15.8 Å². The van der Waals surface area contributed by atoms with Gasteiger partial charge in [0.25, 0.3) is 0 Å². The average Bonchev–Trinajstić information content (AvgIpc) is 3.36. The fourth-order valence-corrected chi connectivity index (χ4v) is 5.97. The standard InChI is InChI=1S/C24H26ClN5O4S2/c1-14(17-6-4-15(10-27-2)8-18(17)25)34-23-20(9-21(26)31)35-24(29-23)19-11-28-22-7-5-16(12-30(19)22)13-36(3,32)33/h4-8,11-12,14,27H,9-10,13H2,1-3H3,(H2,26,31)/t14-/m1/s1. The maximum Gasteiger partial charge on any atom is 0.229 e. The number of thiazole rings is 1. The number of benzene rings is 1. The number of ether oxygens (including phenoxy) is 1. The Hall–Kier alpha value is -2.99.